The van der Waals surface area contributed by atoms with Crippen LogP contribution in [-0.2, 0) is 9.80 Å². The molecule has 66 valence electrons. The van der Waals surface area contributed by atoms with Crippen molar-refractivity contribution in [2.45, 2.75) is 4.90 Å². The van der Waals surface area contributed by atoms with E-state index >= 15 is 0 Å². The van der Waals surface area contributed by atoms with Crippen molar-refractivity contribution in [3.8, 4) is 0 Å². The summed E-state index contributed by atoms with van der Waals surface area (Å²) in [4.78, 5) is -0.281. The van der Waals surface area contributed by atoms with Crippen molar-refractivity contribution in [3.63, 3.8) is 0 Å². The van der Waals surface area contributed by atoms with Gasteiger partial charge in [-0.1, -0.05) is 6.07 Å². The van der Waals surface area contributed by atoms with Gasteiger partial charge in [0, 0.05) is 0 Å². The number of hydrogen-bond donors (Lipinski definition) is 1. The Balaban J connectivity index is 3.47. The summed E-state index contributed by atoms with van der Waals surface area (Å²) in [6.07, 6.45) is 0. The van der Waals surface area contributed by atoms with Crippen LogP contribution < -0.4 is 0 Å². The number of benzene rings is 1. The van der Waals surface area contributed by atoms with Crippen molar-refractivity contribution in [2.24, 2.45) is 0 Å². The Kier molecular flexibility index (Phi) is 2.55. The molecule has 0 bridgehead atoms. The molecule has 0 spiro atoms. The maximum Gasteiger partial charge on any atom is 0.155 e. The van der Waals surface area contributed by atoms with E-state index in [1.807, 2.05) is 0 Å². The highest BCUT2D eigenvalue weighted by Crippen LogP contribution is 2.21. The molecule has 0 saturated heterocycles. The molecule has 1 aromatic rings. The van der Waals surface area contributed by atoms with Crippen molar-refractivity contribution in [1.82, 2.24) is 0 Å². The molecule has 0 aliphatic rings. The van der Waals surface area contributed by atoms with Crippen molar-refractivity contribution in [1.29, 1.82) is 0 Å². The second-order valence-corrected chi connectivity index (χ2v) is 4.77. The summed E-state index contributed by atoms with van der Waals surface area (Å²) >= 11 is 2.90. The van der Waals surface area contributed by atoms with Crippen LogP contribution in [0.15, 0.2) is 27.6 Å². The van der Waals surface area contributed by atoms with Gasteiger partial charge in [0.25, 0.3) is 0 Å². The van der Waals surface area contributed by atoms with Crippen molar-refractivity contribution >= 4 is 31.6 Å². The first-order valence-corrected chi connectivity index (χ1v) is 5.44. The van der Waals surface area contributed by atoms with Gasteiger partial charge in [0.1, 0.15) is 9.80 Å². The average molecular weight is 253 g/mol. The number of halogens is 2. The molecule has 0 saturated carbocycles. The van der Waals surface area contributed by atoms with Crippen LogP contribution in [0.25, 0.3) is 0 Å². The zero-order valence-corrected chi connectivity index (χ0v) is 8.36. The Morgan fingerprint density at radius 2 is 2.17 bits per heavy atom. The lowest BCUT2D eigenvalue weighted by Gasteiger charge is -2.03. The summed E-state index contributed by atoms with van der Waals surface area (Å²) < 4.78 is 33.1. The third kappa shape index (κ3) is 1.85. The maximum atomic E-state index is 13.1. The molecule has 0 aliphatic heterocycles. The van der Waals surface area contributed by atoms with Gasteiger partial charge >= 0.3 is 0 Å². The van der Waals surface area contributed by atoms with Crippen LogP contribution in [-0.4, -0.2) is 14.6 Å². The van der Waals surface area contributed by atoms with Crippen LogP contribution in [0, 0.1) is 5.82 Å². The third-order valence-corrected chi connectivity index (χ3v) is 2.87. The van der Waals surface area contributed by atoms with E-state index in [9.17, 15) is 8.60 Å². The minimum atomic E-state index is -3.46. The van der Waals surface area contributed by atoms with Gasteiger partial charge < -0.3 is 4.55 Å². The topological polar surface area (TPSA) is 37.3 Å². The van der Waals surface area contributed by atoms with Crippen LogP contribution in [0.4, 0.5) is 4.39 Å². The Labute approximate surface area is 78.4 Å². The predicted octanol–water partition coefficient (Wildman–Crippen LogP) is 2.14. The minimum absolute atomic E-state index is 0.158. The quantitative estimate of drug-likeness (QED) is 0.778. The second kappa shape index (κ2) is 3.16. The molecule has 2 nitrogen and oxygen atoms in total. The highest BCUT2D eigenvalue weighted by Gasteiger charge is 2.11. The summed E-state index contributed by atoms with van der Waals surface area (Å²) in [5.41, 5.74) is 0. The van der Waals surface area contributed by atoms with E-state index < -0.39 is 15.6 Å². The monoisotopic (exact) mass is 252 g/mol. The number of rotatable bonds is 1. The Morgan fingerprint density at radius 3 is 2.58 bits per heavy atom. The van der Waals surface area contributed by atoms with Gasteiger partial charge in [0.05, 0.1) is 9.37 Å². The molecule has 0 amide bonds. The normalized spacial score (nSPS) is 15.6. The Bertz CT molecular complexity index is 400. The van der Waals surface area contributed by atoms with Crippen molar-refractivity contribution in [2.75, 3.05) is 0 Å². The zero-order valence-electron chi connectivity index (χ0n) is 5.96. The van der Waals surface area contributed by atoms with E-state index in [2.05, 4.69) is 21.8 Å². The summed E-state index contributed by atoms with van der Waals surface area (Å²) in [5.74, 6) is 2.23. The molecule has 0 aliphatic carbocycles. The van der Waals surface area contributed by atoms with Crippen LogP contribution in [0.5, 0.6) is 0 Å². The SMILES string of the molecule is C=S(=O)(O)c1cccc(Br)c1F. The molecule has 12 heavy (non-hydrogen) atoms. The summed E-state index contributed by atoms with van der Waals surface area (Å²) in [5, 5.41) is 0. The van der Waals surface area contributed by atoms with Gasteiger partial charge in [0.2, 0.25) is 0 Å². The third-order valence-electron chi connectivity index (χ3n) is 1.26. The maximum absolute atomic E-state index is 13.1. The van der Waals surface area contributed by atoms with Gasteiger partial charge in [-0.15, -0.1) is 0 Å². The fraction of sp³-hybridized carbons (Fsp3) is 0. The van der Waals surface area contributed by atoms with Gasteiger partial charge in [-0.05, 0) is 33.9 Å². The van der Waals surface area contributed by atoms with Crippen LogP contribution in [0.1, 0.15) is 0 Å². The fourth-order valence-electron chi connectivity index (χ4n) is 0.730. The average Bonchev–Trinajstić information content (AvgIpc) is 1.92. The number of hydrogen-bond acceptors (Lipinski definition) is 1. The Morgan fingerprint density at radius 1 is 1.58 bits per heavy atom. The second-order valence-electron chi connectivity index (χ2n) is 2.19. The molecule has 0 aromatic heterocycles. The molecule has 1 rings (SSSR count). The van der Waals surface area contributed by atoms with Crippen LogP contribution in [0.2, 0.25) is 0 Å². The van der Waals surface area contributed by atoms with E-state index in [0.717, 1.165) is 0 Å². The standard InChI is InChI=1S/C7H6BrFO2S/c1-12(10,11)6-4-2-3-5(8)7(6)9/h2-4H,1H2,(H,10,11). The highest BCUT2D eigenvalue weighted by molar-refractivity contribution is 9.10. The summed E-state index contributed by atoms with van der Waals surface area (Å²) in [6.45, 7) is 0. The fourth-order valence-corrected chi connectivity index (χ4v) is 1.91. The van der Waals surface area contributed by atoms with E-state index in [-0.39, 0.29) is 9.37 Å². The molecule has 1 N–H and O–H groups in total. The summed E-state index contributed by atoms with van der Waals surface area (Å²) in [7, 11) is -3.46. The van der Waals surface area contributed by atoms with Crippen LogP contribution in [0.3, 0.4) is 0 Å². The molecule has 0 radical (unpaired) electrons. The van der Waals surface area contributed by atoms with E-state index in [1.165, 1.54) is 18.2 Å². The smallest absolute Gasteiger partial charge is 0.155 e. The lowest BCUT2D eigenvalue weighted by Crippen LogP contribution is -2.01. The Hall–Kier alpha value is -0.390. The zero-order chi connectivity index (χ0) is 9.35. The first-order valence-electron chi connectivity index (χ1n) is 2.96. The minimum Gasteiger partial charge on any atom is -0.310 e. The van der Waals surface area contributed by atoms with Crippen molar-refractivity contribution < 1.29 is 13.2 Å². The molecule has 0 fully saturated rings. The largest absolute Gasteiger partial charge is 0.310 e. The lowest BCUT2D eigenvalue weighted by molar-refractivity contribution is 0.539. The lowest BCUT2D eigenvalue weighted by atomic mass is 10.3. The predicted molar refractivity (Wildman–Crippen MR) is 50.3 cm³/mol. The van der Waals surface area contributed by atoms with Crippen molar-refractivity contribution in [3.05, 3.63) is 28.5 Å². The summed E-state index contributed by atoms with van der Waals surface area (Å²) in [6, 6.07) is 4.16. The van der Waals surface area contributed by atoms with Gasteiger partial charge in [-0.25, -0.2) is 8.60 Å². The van der Waals surface area contributed by atoms with E-state index in [1.54, 1.807) is 0 Å². The van der Waals surface area contributed by atoms with Gasteiger partial charge in [0.15, 0.2) is 5.82 Å². The van der Waals surface area contributed by atoms with Gasteiger partial charge in [-0.2, -0.15) is 0 Å². The molecular formula is C7H6BrFO2S. The molecule has 1 aromatic carbocycles. The first kappa shape index (κ1) is 9.70. The highest BCUT2D eigenvalue weighted by atomic mass is 79.9. The van der Waals surface area contributed by atoms with E-state index in [0.29, 0.717) is 0 Å². The first-order chi connectivity index (χ1) is 5.43. The molecule has 1 unspecified atom stereocenters. The molecule has 1 atom stereocenters. The van der Waals surface area contributed by atoms with Crippen LogP contribution >= 0.6 is 15.9 Å². The van der Waals surface area contributed by atoms with E-state index in [4.69, 9.17) is 4.55 Å². The molecule has 5 heteroatoms. The molecular weight excluding hydrogens is 247 g/mol. The molecule has 0 heterocycles. The van der Waals surface area contributed by atoms with Gasteiger partial charge in [-0.3, -0.25) is 0 Å².